The number of carboxylic acid groups (broad SMARTS) is 1. The van der Waals surface area contributed by atoms with Gasteiger partial charge in [-0.2, -0.15) is 0 Å². The van der Waals surface area contributed by atoms with Crippen LogP contribution in [0.3, 0.4) is 0 Å². The van der Waals surface area contributed by atoms with E-state index in [0.717, 1.165) is 0 Å². The van der Waals surface area contributed by atoms with Crippen LogP contribution in [0.5, 0.6) is 0 Å². The number of esters is 1. The van der Waals surface area contributed by atoms with E-state index in [2.05, 4.69) is 15.3 Å². The second kappa shape index (κ2) is 11.8. The standard InChI is InChI=1S/C15H18N4O5S.C6H4ClF/c1-23-15(22)9-6-17-12(13-16-2-5-25-13)18-10(9)7-19-3-4-24-8-11(19)14(20)21;7-5-2-1-3-6(8)4-5/h2,5,11H,3-4,6-8H2,1H3,(H,17,18)(H,20,21);1-4H. The molecular weight excluding hydrogens is 475 g/mol. The monoisotopic (exact) mass is 496 g/mol. The second-order valence-electron chi connectivity index (χ2n) is 6.92. The van der Waals surface area contributed by atoms with Crippen LogP contribution >= 0.6 is 22.9 Å². The first-order valence-electron chi connectivity index (χ1n) is 9.86. The fourth-order valence-electron chi connectivity index (χ4n) is 3.14. The number of halogens is 2. The maximum Gasteiger partial charge on any atom is 0.337 e. The molecule has 2 N–H and O–H groups in total. The third-order valence-electron chi connectivity index (χ3n) is 4.77. The highest BCUT2D eigenvalue weighted by Gasteiger charge is 2.32. The van der Waals surface area contributed by atoms with Gasteiger partial charge in [0, 0.05) is 35.4 Å². The van der Waals surface area contributed by atoms with Crippen molar-refractivity contribution in [2.75, 3.05) is 40.0 Å². The van der Waals surface area contributed by atoms with E-state index >= 15 is 0 Å². The minimum Gasteiger partial charge on any atom is -0.480 e. The Morgan fingerprint density at radius 3 is 2.88 bits per heavy atom. The van der Waals surface area contributed by atoms with Crippen LogP contribution in [0, 0.1) is 5.82 Å². The van der Waals surface area contributed by atoms with Gasteiger partial charge in [0.05, 0.1) is 32.4 Å². The first-order chi connectivity index (χ1) is 15.9. The van der Waals surface area contributed by atoms with E-state index in [-0.39, 0.29) is 25.5 Å². The van der Waals surface area contributed by atoms with Crippen LogP contribution in [0.2, 0.25) is 5.02 Å². The predicted octanol–water partition coefficient (Wildman–Crippen LogP) is 2.18. The van der Waals surface area contributed by atoms with E-state index in [0.29, 0.717) is 40.3 Å². The molecule has 0 aliphatic carbocycles. The van der Waals surface area contributed by atoms with E-state index in [1.54, 1.807) is 23.2 Å². The number of carbonyl (C=O) groups excluding carboxylic acids is 1. The van der Waals surface area contributed by atoms with Gasteiger partial charge in [-0.3, -0.25) is 14.7 Å². The number of aromatic nitrogens is 1. The fraction of sp³-hybridized carbons (Fsp3) is 0.333. The second-order valence-corrected chi connectivity index (χ2v) is 8.25. The molecule has 1 unspecified atom stereocenters. The van der Waals surface area contributed by atoms with Gasteiger partial charge in [0.25, 0.3) is 0 Å². The van der Waals surface area contributed by atoms with E-state index in [1.807, 2.05) is 5.38 Å². The van der Waals surface area contributed by atoms with E-state index < -0.39 is 18.0 Å². The molecule has 176 valence electrons. The topological polar surface area (TPSA) is 113 Å². The zero-order chi connectivity index (χ0) is 23.8. The van der Waals surface area contributed by atoms with E-state index in [1.165, 1.54) is 30.6 Å². The van der Waals surface area contributed by atoms with Gasteiger partial charge in [0.2, 0.25) is 0 Å². The zero-order valence-electron chi connectivity index (χ0n) is 17.7. The number of carbonyl (C=O) groups is 2. The quantitative estimate of drug-likeness (QED) is 0.606. The number of thiazole rings is 1. The molecule has 1 atom stereocenters. The highest BCUT2D eigenvalue weighted by molar-refractivity contribution is 7.11. The Morgan fingerprint density at radius 2 is 2.27 bits per heavy atom. The van der Waals surface area contributed by atoms with Crippen molar-refractivity contribution < 1.29 is 28.6 Å². The lowest BCUT2D eigenvalue weighted by Gasteiger charge is -2.34. The Morgan fingerprint density at radius 1 is 1.45 bits per heavy atom. The van der Waals surface area contributed by atoms with Crippen molar-refractivity contribution in [2.24, 2.45) is 4.99 Å². The third-order valence-corrected chi connectivity index (χ3v) is 5.78. The summed E-state index contributed by atoms with van der Waals surface area (Å²) in [5, 5.41) is 15.5. The van der Waals surface area contributed by atoms with Crippen molar-refractivity contribution in [3.05, 3.63) is 63.0 Å². The van der Waals surface area contributed by atoms with Gasteiger partial charge in [0.1, 0.15) is 11.9 Å². The van der Waals surface area contributed by atoms with Gasteiger partial charge < -0.3 is 19.9 Å². The van der Waals surface area contributed by atoms with Crippen LogP contribution in [0.1, 0.15) is 5.01 Å². The molecule has 3 heterocycles. The number of ether oxygens (including phenoxy) is 2. The van der Waals surface area contributed by atoms with Gasteiger partial charge in [-0.15, -0.1) is 11.3 Å². The van der Waals surface area contributed by atoms with Crippen molar-refractivity contribution in [1.29, 1.82) is 0 Å². The summed E-state index contributed by atoms with van der Waals surface area (Å²) in [6.45, 7) is 1.43. The molecule has 0 bridgehead atoms. The van der Waals surface area contributed by atoms with Gasteiger partial charge in [-0.05, 0) is 18.2 Å². The van der Waals surface area contributed by atoms with Crippen molar-refractivity contribution in [2.45, 2.75) is 6.04 Å². The number of nitrogens with one attached hydrogen (secondary N) is 1. The van der Waals surface area contributed by atoms with Gasteiger partial charge >= 0.3 is 11.9 Å². The number of hydrogen-bond donors (Lipinski definition) is 2. The number of carboxylic acids is 1. The summed E-state index contributed by atoms with van der Waals surface area (Å²) in [5.41, 5.74) is 0.971. The molecule has 1 aromatic carbocycles. The normalized spacial score (nSPS) is 18.5. The molecule has 2 aromatic rings. The number of benzene rings is 1. The van der Waals surface area contributed by atoms with E-state index in [9.17, 15) is 19.1 Å². The fourth-order valence-corrected chi connectivity index (χ4v) is 3.91. The maximum absolute atomic E-state index is 12.1. The van der Waals surface area contributed by atoms with Gasteiger partial charge in [-0.25, -0.2) is 14.2 Å². The average Bonchev–Trinajstić information content (AvgIpc) is 3.34. The minimum absolute atomic E-state index is 0.115. The molecule has 0 radical (unpaired) electrons. The van der Waals surface area contributed by atoms with Crippen molar-refractivity contribution >= 4 is 40.7 Å². The molecule has 9 nitrogen and oxygen atoms in total. The lowest BCUT2D eigenvalue weighted by atomic mass is 10.1. The summed E-state index contributed by atoms with van der Waals surface area (Å²) in [7, 11) is 1.31. The van der Waals surface area contributed by atoms with Crippen molar-refractivity contribution in [1.82, 2.24) is 15.2 Å². The number of aliphatic carboxylic acids is 1. The number of nitrogens with zero attached hydrogens (tertiary/aromatic N) is 3. The minimum atomic E-state index is -0.954. The largest absolute Gasteiger partial charge is 0.480 e. The molecule has 33 heavy (non-hydrogen) atoms. The molecule has 0 amide bonds. The Bertz CT molecular complexity index is 1030. The molecule has 12 heteroatoms. The number of amidine groups is 1. The van der Waals surface area contributed by atoms with E-state index in [4.69, 9.17) is 21.1 Å². The molecule has 1 aromatic heterocycles. The highest BCUT2D eigenvalue weighted by Crippen LogP contribution is 2.18. The Balaban J connectivity index is 0.000000323. The highest BCUT2D eigenvalue weighted by atomic mass is 35.5. The number of aliphatic imine (C=N–C) groups is 1. The Kier molecular flexibility index (Phi) is 8.89. The Hall–Kier alpha value is -2.86. The average molecular weight is 497 g/mol. The first-order valence-corrected chi connectivity index (χ1v) is 11.1. The van der Waals surface area contributed by atoms with Gasteiger partial charge in [-0.1, -0.05) is 17.7 Å². The molecule has 2 aliphatic rings. The Labute approximate surface area is 198 Å². The molecule has 0 spiro atoms. The lowest BCUT2D eigenvalue weighted by molar-refractivity contribution is -0.149. The summed E-state index contributed by atoms with van der Waals surface area (Å²) < 4.78 is 22.2. The van der Waals surface area contributed by atoms with Crippen molar-refractivity contribution in [3.8, 4) is 0 Å². The summed E-state index contributed by atoms with van der Waals surface area (Å²) in [6.07, 6.45) is 1.67. The number of rotatable bonds is 5. The van der Waals surface area contributed by atoms with Crippen molar-refractivity contribution in [3.63, 3.8) is 0 Å². The van der Waals surface area contributed by atoms with Crippen LogP contribution in [-0.2, 0) is 19.1 Å². The maximum atomic E-state index is 12.1. The summed E-state index contributed by atoms with van der Waals surface area (Å²) in [4.78, 5) is 33.8. The zero-order valence-corrected chi connectivity index (χ0v) is 19.2. The molecule has 2 aliphatic heterocycles. The number of hydrogen-bond acceptors (Lipinski definition) is 9. The molecule has 0 saturated carbocycles. The van der Waals surface area contributed by atoms with Gasteiger partial charge in [0.15, 0.2) is 10.8 Å². The smallest absolute Gasteiger partial charge is 0.337 e. The molecule has 4 rings (SSSR count). The molecular formula is C21H22ClFN4O5S. The SMILES string of the molecule is COC(=O)C1=C(CN2CCOCC2C(=O)O)NC(c2nccs2)=NC1.Fc1cccc(Cl)c1. The van der Waals surface area contributed by atoms with Crippen LogP contribution in [0.25, 0.3) is 0 Å². The predicted molar refractivity (Wildman–Crippen MR) is 121 cm³/mol. The van der Waals surface area contributed by atoms with Crippen LogP contribution in [0.15, 0.2) is 52.1 Å². The number of methoxy groups -OCH3 is 1. The van der Waals surface area contributed by atoms with Crippen LogP contribution in [-0.4, -0.2) is 78.8 Å². The first kappa shape index (κ1) is 24.8. The number of morpholine rings is 1. The molecule has 1 saturated heterocycles. The summed E-state index contributed by atoms with van der Waals surface area (Å²) >= 11 is 6.83. The molecule has 1 fully saturated rings. The van der Waals surface area contributed by atoms with Crippen LogP contribution < -0.4 is 5.32 Å². The lowest BCUT2D eigenvalue weighted by Crippen LogP contribution is -2.52. The van der Waals surface area contributed by atoms with Crippen LogP contribution in [0.4, 0.5) is 4.39 Å². The summed E-state index contributed by atoms with van der Waals surface area (Å²) in [5.74, 6) is -1.16. The third kappa shape index (κ3) is 6.81. The summed E-state index contributed by atoms with van der Waals surface area (Å²) in [6, 6.07) is 5.06.